The molecule has 0 saturated carbocycles. The standard InChI is InChI=1S/C37H30BrN3O3S/c1-25-12-14-26(15-13-25)24-33(41-35(42)28-10-6-3-7-11-28)36(43)39-31-20-22-32(23-21-31)45-34(27-8-4-2-5-9-27)37(44)40-30-18-16-29(38)17-19-30/h2-24,34H,1H3,(H,39,43)(H,40,44)(H,41,42)/b33-24-. The van der Waals surface area contributed by atoms with Crippen LogP contribution < -0.4 is 16.0 Å². The zero-order valence-corrected chi connectivity index (χ0v) is 26.8. The number of nitrogens with one attached hydrogen (secondary N) is 3. The molecule has 3 amide bonds. The Morgan fingerprint density at radius 1 is 0.689 bits per heavy atom. The molecule has 0 aliphatic heterocycles. The highest BCUT2D eigenvalue weighted by Crippen LogP contribution is 2.37. The largest absolute Gasteiger partial charge is 0.325 e. The first-order valence-corrected chi connectivity index (χ1v) is 15.9. The Hall–Kier alpha value is -4.92. The summed E-state index contributed by atoms with van der Waals surface area (Å²) in [6, 6.07) is 40.7. The summed E-state index contributed by atoms with van der Waals surface area (Å²) in [5, 5.41) is 8.16. The molecule has 1 atom stereocenters. The zero-order valence-electron chi connectivity index (χ0n) is 24.4. The van der Waals surface area contributed by atoms with E-state index in [1.807, 2.05) is 104 Å². The van der Waals surface area contributed by atoms with Gasteiger partial charge in [0.2, 0.25) is 5.91 Å². The number of halogens is 1. The van der Waals surface area contributed by atoms with Gasteiger partial charge in [0.05, 0.1) is 0 Å². The number of aryl methyl sites for hydroxylation is 1. The lowest BCUT2D eigenvalue weighted by molar-refractivity contribution is -0.116. The van der Waals surface area contributed by atoms with Crippen LogP contribution in [0.2, 0.25) is 0 Å². The van der Waals surface area contributed by atoms with Crippen molar-refractivity contribution in [2.24, 2.45) is 0 Å². The molecule has 0 bridgehead atoms. The summed E-state index contributed by atoms with van der Waals surface area (Å²) in [5.74, 6) is -0.994. The molecule has 0 aliphatic rings. The van der Waals surface area contributed by atoms with Crippen molar-refractivity contribution in [1.82, 2.24) is 5.32 Å². The minimum Gasteiger partial charge on any atom is -0.325 e. The van der Waals surface area contributed by atoms with Crippen LogP contribution in [-0.2, 0) is 9.59 Å². The SMILES string of the molecule is Cc1ccc(/C=C(\NC(=O)c2ccccc2)C(=O)Nc2ccc(SC(C(=O)Nc3ccc(Br)cc3)c3ccccc3)cc2)cc1. The molecule has 224 valence electrons. The summed E-state index contributed by atoms with van der Waals surface area (Å²) in [6.07, 6.45) is 1.65. The molecule has 1 unspecified atom stereocenters. The number of benzene rings is 5. The Bertz CT molecular complexity index is 1790. The lowest BCUT2D eigenvalue weighted by Crippen LogP contribution is -2.30. The van der Waals surface area contributed by atoms with Crippen LogP contribution in [0, 0.1) is 6.92 Å². The number of hydrogen-bond acceptors (Lipinski definition) is 4. The van der Waals surface area contributed by atoms with Gasteiger partial charge in [-0.05, 0) is 84.8 Å². The number of amides is 3. The van der Waals surface area contributed by atoms with E-state index >= 15 is 0 Å². The third-order valence-electron chi connectivity index (χ3n) is 6.74. The van der Waals surface area contributed by atoms with E-state index in [-0.39, 0.29) is 17.5 Å². The number of hydrogen-bond donors (Lipinski definition) is 3. The Labute approximate surface area is 275 Å². The number of rotatable bonds is 10. The van der Waals surface area contributed by atoms with E-state index in [4.69, 9.17) is 0 Å². The van der Waals surface area contributed by atoms with Crippen molar-refractivity contribution in [3.8, 4) is 0 Å². The Balaban J connectivity index is 1.32. The average molecular weight is 677 g/mol. The second-order valence-electron chi connectivity index (χ2n) is 10.2. The highest BCUT2D eigenvalue weighted by atomic mass is 79.9. The second-order valence-corrected chi connectivity index (χ2v) is 12.3. The van der Waals surface area contributed by atoms with Crippen molar-refractivity contribution in [2.75, 3.05) is 10.6 Å². The Kier molecular flexibility index (Phi) is 10.6. The van der Waals surface area contributed by atoms with Gasteiger partial charge in [0.1, 0.15) is 10.9 Å². The molecule has 45 heavy (non-hydrogen) atoms. The van der Waals surface area contributed by atoms with Gasteiger partial charge >= 0.3 is 0 Å². The van der Waals surface area contributed by atoms with Crippen molar-refractivity contribution >= 4 is 62.9 Å². The van der Waals surface area contributed by atoms with Gasteiger partial charge in [-0.2, -0.15) is 0 Å². The van der Waals surface area contributed by atoms with Crippen LogP contribution in [0.25, 0.3) is 6.08 Å². The summed E-state index contributed by atoms with van der Waals surface area (Å²) < 4.78 is 0.929. The minimum atomic E-state index is -0.507. The van der Waals surface area contributed by atoms with Crippen molar-refractivity contribution in [1.29, 1.82) is 0 Å². The van der Waals surface area contributed by atoms with Gasteiger partial charge in [-0.15, -0.1) is 11.8 Å². The molecule has 3 N–H and O–H groups in total. The highest BCUT2D eigenvalue weighted by molar-refractivity contribution is 9.10. The zero-order chi connectivity index (χ0) is 31.6. The van der Waals surface area contributed by atoms with Crippen molar-refractivity contribution < 1.29 is 14.4 Å². The molecular formula is C37H30BrN3O3S. The second kappa shape index (κ2) is 15.2. The maximum Gasteiger partial charge on any atom is 0.272 e. The topological polar surface area (TPSA) is 87.3 Å². The van der Waals surface area contributed by atoms with E-state index in [9.17, 15) is 14.4 Å². The first-order valence-electron chi connectivity index (χ1n) is 14.2. The van der Waals surface area contributed by atoms with Gasteiger partial charge in [0.15, 0.2) is 0 Å². The van der Waals surface area contributed by atoms with E-state index in [1.54, 1.807) is 42.5 Å². The molecule has 0 heterocycles. The number of carbonyl (C=O) groups excluding carboxylic acids is 3. The van der Waals surface area contributed by atoms with Gasteiger partial charge < -0.3 is 16.0 Å². The monoisotopic (exact) mass is 675 g/mol. The van der Waals surface area contributed by atoms with Gasteiger partial charge in [0, 0.05) is 26.3 Å². The number of thioether (sulfide) groups is 1. The van der Waals surface area contributed by atoms with Crippen LogP contribution in [0.15, 0.2) is 149 Å². The first kappa shape index (κ1) is 31.5. The lowest BCUT2D eigenvalue weighted by atomic mass is 10.1. The minimum absolute atomic E-state index is 0.111. The first-order chi connectivity index (χ1) is 21.8. The van der Waals surface area contributed by atoms with Crippen LogP contribution in [0.1, 0.15) is 32.3 Å². The van der Waals surface area contributed by atoms with Crippen LogP contribution in [0.3, 0.4) is 0 Å². The van der Waals surface area contributed by atoms with E-state index in [2.05, 4.69) is 31.9 Å². The van der Waals surface area contributed by atoms with Crippen LogP contribution >= 0.6 is 27.7 Å². The van der Waals surface area contributed by atoms with E-state index < -0.39 is 11.2 Å². The maximum absolute atomic E-state index is 13.4. The molecule has 8 heteroatoms. The summed E-state index contributed by atoms with van der Waals surface area (Å²) in [7, 11) is 0. The van der Waals surface area contributed by atoms with E-state index in [0.29, 0.717) is 16.9 Å². The lowest BCUT2D eigenvalue weighted by Gasteiger charge is -2.17. The maximum atomic E-state index is 13.4. The molecular weight excluding hydrogens is 646 g/mol. The van der Waals surface area contributed by atoms with Gasteiger partial charge in [-0.25, -0.2) is 0 Å². The Morgan fingerprint density at radius 2 is 1.27 bits per heavy atom. The molecule has 5 aromatic rings. The van der Waals surface area contributed by atoms with Gasteiger partial charge in [-0.3, -0.25) is 14.4 Å². The quantitative estimate of drug-likeness (QED) is 0.102. The number of anilines is 2. The fourth-order valence-electron chi connectivity index (χ4n) is 4.36. The molecule has 0 fully saturated rings. The van der Waals surface area contributed by atoms with Gasteiger partial charge in [-0.1, -0.05) is 94.3 Å². The third-order valence-corrected chi connectivity index (χ3v) is 8.53. The molecule has 0 spiro atoms. The molecule has 0 aromatic heterocycles. The summed E-state index contributed by atoms with van der Waals surface area (Å²) >= 11 is 4.84. The van der Waals surface area contributed by atoms with Crippen molar-refractivity contribution in [3.05, 3.63) is 166 Å². The van der Waals surface area contributed by atoms with Crippen molar-refractivity contribution in [2.45, 2.75) is 17.1 Å². The van der Waals surface area contributed by atoms with Crippen LogP contribution in [0.5, 0.6) is 0 Å². The Morgan fingerprint density at radius 3 is 1.91 bits per heavy atom. The fraction of sp³-hybridized carbons (Fsp3) is 0.0541. The third kappa shape index (κ3) is 9.04. The van der Waals surface area contributed by atoms with Crippen molar-refractivity contribution in [3.63, 3.8) is 0 Å². The molecule has 5 rings (SSSR count). The summed E-state index contributed by atoms with van der Waals surface area (Å²) in [4.78, 5) is 40.6. The fourth-order valence-corrected chi connectivity index (χ4v) is 5.65. The predicted octanol–water partition coefficient (Wildman–Crippen LogP) is 8.64. The van der Waals surface area contributed by atoms with E-state index in [0.717, 1.165) is 26.1 Å². The molecule has 0 radical (unpaired) electrons. The van der Waals surface area contributed by atoms with Crippen LogP contribution in [0.4, 0.5) is 11.4 Å². The summed E-state index contributed by atoms with van der Waals surface area (Å²) in [5.41, 5.74) is 4.54. The molecule has 0 saturated heterocycles. The molecule has 5 aromatic carbocycles. The predicted molar refractivity (Wildman–Crippen MR) is 186 cm³/mol. The van der Waals surface area contributed by atoms with Gasteiger partial charge in [0.25, 0.3) is 11.8 Å². The smallest absolute Gasteiger partial charge is 0.272 e. The summed E-state index contributed by atoms with van der Waals surface area (Å²) in [6.45, 7) is 1.98. The van der Waals surface area contributed by atoms with Crippen LogP contribution in [-0.4, -0.2) is 17.7 Å². The average Bonchev–Trinajstić information content (AvgIpc) is 3.06. The molecule has 6 nitrogen and oxygen atoms in total. The molecule has 0 aliphatic carbocycles. The normalized spacial score (nSPS) is 11.7. The van der Waals surface area contributed by atoms with E-state index in [1.165, 1.54) is 11.8 Å². The highest BCUT2D eigenvalue weighted by Gasteiger charge is 2.22. The number of carbonyl (C=O) groups is 3.